The highest BCUT2D eigenvalue weighted by molar-refractivity contribution is 5.16. The van der Waals surface area contributed by atoms with E-state index in [2.05, 4.69) is 13.0 Å². The lowest BCUT2D eigenvalue weighted by Crippen LogP contribution is -2.48. The first-order chi connectivity index (χ1) is 7.68. The van der Waals surface area contributed by atoms with E-state index >= 15 is 0 Å². The van der Waals surface area contributed by atoms with Crippen molar-refractivity contribution in [3.05, 3.63) is 11.6 Å². The fraction of sp³-hybridized carbons (Fsp3) is 0.857. The summed E-state index contributed by atoms with van der Waals surface area (Å²) in [6.07, 6.45) is 10.0. The molecule has 2 rings (SSSR count). The van der Waals surface area contributed by atoms with Gasteiger partial charge in [0.15, 0.2) is 0 Å². The third kappa shape index (κ3) is 1.72. The first kappa shape index (κ1) is 12.1. The number of rotatable bonds is 2. The summed E-state index contributed by atoms with van der Waals surface area (Å²) < 4.78 is 0. The van der Waals surface area contributed by atoms with Crippen LogP contribution in [0.1, 0.15) is 51.9 Å². The average molecular weight is 224 g/mol. The molecule has 0 bridgehead atoms. The van der Waals surface area contributed by atoms with E-state index in [1.807, 2.05) is 0 Å². The van der Waals surface area contributed by atoms with E-state index in [-0.39, 0.29) is 24.0 Å². The Labute approximate surface area is 98.4 Å². The third-order valence-corrected chi connectivity index (χ3v) is 5.00. The number of fused-ring (bicyclic) bond motifs is 1. The molecule has 2 atom stereocenters. The molecule has 1 fully saturated rings. The maximum Gasteiger partial charge on any atom is 0.0496 e. The fourth-order valence-corrected chi connectivity index (χ4v) is 3.82. The van der Waals surface area contributed by atoms with E-state index in [0.29, 0.717) is 0 Å². The van der Waals surface area contributed by atoms with Crippen LogP contribution in [0, 0.1) is 10.8 Å². The van der Waals surface area contributed by atoms with Crippen molar-refractivity contribution in [1.29, 1.82) is 0 Å². The summed E-state index contributed by atoms with van der Waals surface area (Å²) in [4.78, 5) is 0. The highest BCUT2D eigenvalue weighted by Crippen LogP contribution is 2.56. The van der Waals surface area contributed by atoms with E-state index in [0.717, 1.165) is 25.7 Å². The second kappa shape index (κ2) is 4.50. The van der Waals surface area contributed by atoms with Gasteiger partial charge in [-0.1, -0.05) is 30.9 Å². The first-order valence-electron chi connectivity index (χ1n) is 6.55. The van der Waals surface area contributed by atoms with E-state index in [9.17, 15) is 10.2 Å². The van der Waals surface area contributed by atoms with Gasteiger partial charge in [-0.25, -0.2) is 0 Å². The lowest BCUT2D eigenvalue weighted by molar-refractivity contribution is -0.0671. The minimum atomic E-state index is -0.0446. The Morgan fingerprint density at radius 3 is 2.31 bits per heavy atom. The van der Waals surface area contributed by atoms with Gasteiger partial charge in [0.05, 0.1) is 0 Å². The Kier molecular flexibility index (Phi) is 3.41. The van der Waals surface area contributed by atoms with Crippen LogP contribution in [0.25, 0.3) is 0 Å². The van der Waals surface area contributed by atoms with Crippen molar-refractivity contribution in [2.24, 2.45) is 10.8 Å². The predicted molar refractivity (Wildman–Crippen MR) is 65.1 cm³/mol. The molecular formula is C14H24O2. The van der Waals surface area contributed by atoms with Crippen molar-refractivity contribution in [2.75, 3.05) is 13.2 Å². The quantitative estimate of drug-likeness (QED) is 0.708. The van der Waals surface area contributed by atoms with Crippen LogP contribution in [0.3, 0.4) is 0 Å². The van der Waals surface area contributed by atoms with Crippen LogP contribution in [-0.2, 0) is 0 Å². The Morgan fingerprint density at radius 1 is 1.06 bits per heavy atom. The Balaban J connectivity index is 2.38. The highest BCUT2D eigenvalue weighted by atomic mass is 16.3. The van der Waals surface area contributed by atoms with Crippen molar-refractivity contribution in [2.45, 2.75) is 51.9 Å². The van der Waals surface area contributed by atoms with Crippen LogP contribution < -0.4 is 0 Å². The van der Waals surface area contributed by atoms with Crippen LogP contribution in [-0.4, -0.2) is 23.4 Å². The molecule has 2 nitrogen and oxygen atoms in total. The maximum absolute atomic E-state index is 9.88. The van der Waals surface area contributed by atoms with Crippen molar-refractivity contribution in [3.8, 4) is 0 Å². The van der Waals surface area contributed by atoms with Crippen LogP contribution >= 0.6 is 0 Å². The van der Waals surface area contributed by atoms with Crippen LogP contribution in [0.5, 0.6) is 0 Å². The molecular weight excluding hydrogens is 200 g/mol. The molecule has 0 amide bonds. The van der Waals surface area contributed by atoms with Gasteiger partial charge in [-0.15, -0.1) is 0 Å². The van der Waals surface area contributed by atoms with Gasteiger partial charge in [0.2, 0.25) is 0 Å². The standard InChI is InChI=1S/C14H24O2/c1-12-5-8-13(10-15)6-3-2-4-7-14(13,9-12)11-16/h5,15-16H,2-4,6-11H2,1H3/t13-,14+/m1/s1. The molecule has 0 radical (unpaired) electrons. The minimum Gasteiger partial charge on any atom is -0.396 e. The van der Waals surface area contributed by atoms with Gasteiger partial charge in [0.25, 0.3) is 0 Å². The summed E-state index contributed by atoms with van der Waals surface area (Å²) in [5, 5.41) is 19.7. The van der Waals surface area contributed by atoms with Crippen molar-refractivity contribution >= 4 is 0 Å². The second-order valence-corrected chi connectivity index (χ2v) is 5.87. The largest absolute Gasteiger partial charge is 0.396 e. The van der Waals surface area contributed by atoms with Crippen molar-refractivity contribution < 1.29 is 10.2 Å². The zero-order valence-electron chi connectivity index (χ0n) is 10.3. The SMILES string of the molecule is CC1=CC[C@@]2(CO)CCCCC[C@@]2(CO)C1. The summed E-state index contributed by atoms with van der Waals surface area (Å²) >= 11 is 0. The molecule has 0 heterocycles. The van der Waals surface area contributed by atoms with Gasteiger partial charge in [0.1, 0.15) is 0 Å². The van der Waals surface area contributed by atoms with Gasteiger partial charge in [-0.05, 0) is 32.6 Å². The fourth-order valence-electron chi connectivity index (χ4n) is 3.82. The third-order valence-electron chi connectivity index (χ3n) is 5.00. The molecule has 2 aliphatic rings. The van der Waals surface area contributed by atoms with Crippen LogP contribution in [0.15, 0.2) is 11.6 Å². The molecule has 2 N–H and O–H groups in total. The summed E-state index contributed by atoms with van der Waals surface area (Å²) in [7, 11) is 0. The van der Waals surface area contributed by atoms with E-state index in [1.165, 1.54) is 24.8 Å². The molecule has 1 saturated carbocycles. The zero-order valence-corrected chi connectivity index (χ0v) is 10.3. The molecule has 2 aliphatic carbocycles. The lowest BCUT2D eigenvalue weighted by atomic mass is 9.55. The molecule has 0 spiro atoms. The predicted octanol–water partition coefficient (Wildman–Crippen LogP) is 2.65. The Morgan fingerprint density at radius 2 is 1.69 bits per heavy atom. The number of hydrogen-bond acceptors (Lipinski definition) is 2. The zero-order chi connectivity index (χ0) is 11.6. The van der Waals surface area contributed by atoms with Crippen LogP contribution in [0.4, 0.5) is 0 Å². The van der Waals surface area contributed by atoms with Gasteiger partial charge in [0, 0.05) is 24.0 Å². The number of allylic oxidation sites excluding steroid dienone is 2. The molecule has 0 aromatic rings. The van der Waals surface area contributed by atoms with E-state index < -0.39 is 0 Å². The normalized spacial score (nSPS) is 39.8. The minimum absolute atomic E-state index is 0.0439. The first-order valence-corrected chi connectivity index (χ1v) is 6.55. The number of hydrogen-bond donors (Lipinski definition) is 2. The van der Waals surface area contributed by atoms with Gasteiger partial charge < -0.3 is 10.2 Å². The molecule has 0 unspecified atom stereocenters. The number of aliphatic hydroxyl groups excluding tert-OH is 2. The second-order valence-electron chi connectivity index (χ2n) is 5.87. The van der Waals surface area contributed by atoms with Gasteiger partial charge >= 0.3 is 0 Å². The molecule has 0 saturated heterocycles. The number of aliphatic hydroxyl groups is 2. The molecule has 92 valence electrons. The summed E-state index contributed by atoms with van der Waals surface area (Å²) in [6.45, 7) is 2.62. The highest BCUT2D eigenvalue weighted by Gasteiger charge is 2.51. The van der Waals surface area contributed by atoms with E-state index in [1.54, 1.807) is 0 Å². The summed E-state index contributed by atoms with van der Waals surface area (Å²) in [6, 6.07) is 0. The molecule has 0 aromatic carbocycles. The topological polar surface area (TPSA) is 40.5 Å². The van der Waals surface area contributed by atoms with Crippen LogP contribution in [0.2, 0.25) is 0 Å². The molecule has 0 aliphatic heterocycles. The van der Waals surface area contributed by atoms with Crippen molar-refractivity contribution in [1.82, 2.24) is 0 Å². The van der Waals surface area contributed by atoms with Gasteiger partial charge in [-0.2, -0.15) is 0 Å². The maximum atomic E-state index is 9.88. The molecule has 16 heavy (non-hydrogen) atoms. The summed E-state index contributed by atoms with van der Waals surface area (Å²) in [5.74, 6) is 0. The molecule has 0 aromatic heterocycles. The summed E-state index contributed by atoms with van der Waals surface area (Å²) in [5.41, 5.74) is 1.30. The molecule has 2 heteroatoms. The lowest BCUT2D eigenvalue weighted by Gasteiger charge is -2.51. The average Bonchev–Trinajstić information content (AvgIpc) is 2.49. The van der Waals surface area contributed by atoms with Crippen molar-refractivity contribution in [3.63, 3.8) is 0 Å². The van der Waals surface area contributed by atoms with Gasteiger partial charge in [-0.3, -0.25) is 0 Å². The smallest absolute Gasteiger partial charge is 0.0496 e. The van der Waals surface area contributed by atoms with E-state index in [4.69, 9.17) is 0 Å². The monoisotopic (exact) mass is 224 g/mol. The Hall–Kier alpha value is -0.340. The Bertz CT molecular complexity index is 284.